The van der Waals surface area contributed by atoms with Crippen LogP contribution in [-0.2, 0) is 17.8 Å². The Kier molecular flexibility index (Phi) is 3.74. The lowest BCUT2D eigenvalue weighted by Gasteiger charge is -2.08. The number of H-pyrrole nitrogens is 1. The number of hydrogen-bond acceptors (Lipinski definition) is 3. The Balaban J connectivity index is 1.85. The largest absolute Gasteiger partial charge is 0.324 e. The molecule has 0 unspecified atom stereocenters. The summed E-state index contributed by atoms with van der Waals surface area (Å²) in [6.07, 6.45) is 4.14. The minimum Gasteiger partial charge on any atom is -0.324 e. The third kappa shape index (κ3) is 2.90. The Morgan fingerprint density at radius 2 is 2.23 bits per heavy atom. The first-order chi connectivity index (χ1) is 10.7. The Morgan fingerprint density at radius 1 is 1.36 bits per heavy atom. The Hall–Kier alpha value is -2.89. The van der Waals surface area contributed by atoms with Gasteiger partial charge in [0.1, 0.15) is 6.54 Å². The van der Waals surface area contributed by atoms with Gasteiger partial charge in [0.05, 0.1) is 5.52 Å². The van der Waals surface area contributed by atoms with Crippen molar-refractivity contribution >= 4 is 22.5 Å². The van der Waals surface area contributed by atoms with Gasteiger partial charge < -0.3 is 10.3 Å². The standard InChI is InChI=1S/C16H16N4O2/c1-2-11-8-15(21)19-14-9-12(4-5-13(11)14)18-16(22)10-20-7-3-6-17-20/h3-9H,2,10H2,1H3,(H,18,22)(H,19,21). The summed E-state index contributed by atoms with van der Waals surface area (Å²) in [5.41, 5.74) is 2.23. The van der Waals surface area contributed by atoms with Crippen LogP contribution >= 0.6 is 0 Å². The second-order valence-corrected chi connectivity index (χ2v) is 5.02. The van der Waals surface area contributed by atoms with Crippen LogP contribution in [0.25, 0.3) is 10.9 Å². The van der Waals surface area contributed by atoms with Crippen LogP contribution in [-0.4, -0.2) is 20.7 Å². The molecule has 6 nitrogen and oxygen atoms in total. The van der Waals surface area contributed by atoms with Gasteiger partial charge in [0, 0.05) is 29.5 Å². The van der Waals surface area contributed by atoms with E-state index < -0.39 is 0 Å². The molecule has 0 bridgehead atoms. The van der Waals surface area contributed by atoms with Crippen LogP contribution in [0.4, 0.5) is 5.69 Å². The molecular weight excluding hydrogens is 280 g/mol. The number of fused-ring (bicyclic) bond motifs is 1. The van der Waals surface area contributed by atoms with Crippen LogP contribution < -0.4 is 10.9 Å². The summed E-state index contributed by atoms with van der Waals surface area (Å²) >= 11 is 0. The molecule has 0 saturated heterocycles. The zero-order valence-electron chi connectivity index (χ0n) is 12.2. The van der Waals surface area contributed by atoms with Crippen molar-refractivity contribution in [1.82, 2.24) is 14.8 Å². The highest BCUT2D eigenvalue weighted by molar-refractivity contribution is 5.93. The Morgan fingerprint density at radius 3 is 2.95 bits per heavy atom. The molecule has 0 radical (unpaired) electrons. The number of carbonyl (C=O) groups is 1. The lowest BCUT2D eigenvalue weighted by Crippen LogP contribution is -2.19. The van der Waals surface area contributed by atoms with E-state index in [4.69, 9.17) is 0 Å². The number of aromatic nitrogens is 3. The summed E-state index contributed by atoms with van der Waals surface area (Å²) in [5, 5.41) is 7.79. The molecule has 2 aromatic heterocycles. The SMILES string of the molecule is CCc1cc(=O)[nH]c2cc(NC(=O)Cn3cccn3)ccc12. The van der Waals surface area contributed by atoms with Crippen LogP contribution in [0.3, 0.4) is 0 Å². The zero-order valence-corrected chi connectivity index (χ0v) is 12.2. The van der Waals surface area contributed by atoms with E-state index in [1.54, 1.807) is 35.3 Å². The molecule has 0 aliphatic carbocycles. The van der Waals surface area contributed by atoms with E-state index in [0.717, 1.165) is 22.9 Å². The Bertz CT molecular complexity index is 865. The number of amides is 1. The number of nitrogens with one attached hydrogen (secondary N) is 2. The quantitative estimate of drug-likeness (QED) is 0.772. The van der Waals surface area contributed by atoms with Crippen LogP contribution in [0.2, 0.25) is 0 Å². The van der Waals surface area contributed by atoms with Gasteiger partial charge >= 0.3 is 0 Å². The normalized spacial score (nSPS) is 10.8. The number of carbonyl (C=O) groups excluding carboxylic acids is 1. The van der Waals surface area contributed by atoms with Gasteiger partial charge in [-0.1, -0.05) is 13.0 Å². The summed E-state index contributed by atoms with van der Waals surface area (Å²) in [7, 11) is 0. The van der Waals surface area contributed by atoms with Gasteiger partial charge in [0.15, 0.2) is 0 Å². The highest BCUT2D eigenvalue weighted by Gasteiger charge is 2.06. The average Bonchev–Trinajstić information content (AvgIpc) is 2.98. The fourth-order valence-corrected chi connectivity index (χ4v) is 2.44. The third-order valence-corrected chi connectivity index (χ3v) is 3.46. The minimum atomic E-state index is -0.169. The average molecular weight is 296 g/mol. The number of nitrogens with zero attached hydrogens (tertiary/aromatic N) is 2. The van der Waals surface area contributed by atoms with Crippen molar-refractivity contribution in [3.63, 3.8) is 0 Å². The minimum absolute atomic E-state index is 0.135. The molecular formula is C16H16N4O2. The lowest BCUT2D eigenvalue weighted by molar-refractivity contribution is -0.116. The summed E-state index contributed by atoms with van der Waals surface area (Å²) < 4.78 is 1.55. The van der Waals surface area contributed by atoms with Crippen molar-refractivity contribution in [3.8, 4) is 0 Å². The van der Waals surface area contributed by atoms with E-state index in [0.29, 0.717) is 5.69 Å². The number of aryl methyl sites for hydroxylation is 1. The first kappa shape index (κ1) is 14.1. The number of aromatic amines is 1. The molecule has 2 heterocycles. The summed E-state index contributed by atoms with van der Waals surface area (Å²) in [5.74, 6) is -0.169. The van der Waals surface area contributed by atoms with Gasteiger partial charge in [-0.05, 0) is 30.2 Å². The lowest BCUT2D eigenvalue weighted by atomic mass is 10.1. The fourth-order valence-electron chi connectivity index (χ4n) is 2.44. The molecule has 0 aliphatic heterocycles. The molecule has 3 rings (SSSR count). The number of pyridine rings is 1. The van der Waals surface area contributed by atoms with E-state index in [-0.39, 0.29) is 18.0 Å². The number of rotatable bonds is 4. The van der Waals surface area contributed by atoms with E-state index >= 15 is 0 Å². The van der Waals surface area contributed by atoms with E-state index in [2.05, 4.69) is 15.4 Å². The van der Waals surface area contributed by atoms with Gasteiger partial charge in [-0.3, -0.25) is 14.3 Å². The third-order valence-electron chi connectivity index (χ3n) is 3.46. The van der Waals surface area contributed by atoms with Crippen molar-refractivity contribution < 1.29 is 4.79 Å². The molecule has 2 N–H and O–H groups in total. The van der Waals surface area contributed by atoms with E-state index in [1.807, 2.05) is 19.1 Å². The molecule has 0 aliphatic rings. The molecule has 1 amide bonds. The number of benzene rings is 1. The zero-order chi connectivity index (χ0) is 15.5. The van der Waals surface area contributed by atoms with Crippen molar-refractivity contribution in [2.24, 2.45) is 0 Å². The van der Waals surface area contributed by atoms with Crippen LogP contribution in [0, 0.1) is 0 Å². The summed E-state index contributed by atoms with van der Waals surface area (Å²) in [6, 6.07) is 8.89. The molecule has 6 heteroatoms. The predicted molar refractivity (Wildman–Crippen MR) is 84.8 cm³/mol. The Labute approximate surface area is 126 Å². The second kappa shape index (κ2) is 5.85. The predicted octanol–water partition coefficient (Wildman–Crippen LogP) is 1.93. The second-order valence-electron chi connectivity index (χ2n) is 5.02. The van der Waals surface area contributed by atoms with Gasteiger partial charge in [-0.15, -0.1) is 0 Å². The molecule has 0 saturated carbocycles. The maximum atomic E-state index is 12.0. The van der Waals surface area contributed by atoms with Crippen LogP contribution in [0.1, 0.15) is 12.5 Å². The van der Waals surface area contributed by atoms with Gasteiger partial charge in [-0.2, -0.15) is 5.10 Å². The molecule has 0 fully saturated rings. The highest BCUT2D eigenvalue weighted by atomic mass is 16.2. The molecule has 112 valence electrons. The smallest absolute Gasteiger partial charge is 0.248 e. The molecule has 22 heavy (non-hydrogen) atoms. The van der Waals surface area contributed by atoms with E-state index in [9.17, 15) is 9.59 Å². The van der Waals surface area contributed by atoms with Crippen molar-refractivity contribution in [2.75, 3.05) is 5.32 Å². The van der Waals surface area contributed by atoms with E-state index in [1.165, 1.54) is 0 Å². The van der Waals surface area contributed by atoms with Crippen LogP contribution in [0.5, 0.6) is 0 Å². The molecule has 0 atom stereocenters. The van der Waals surface area contributed by atoms with Gasteiger partial charge in [0.2, 0.25) is 11.5 Å². The highest BCUT2D eigenvalue weighted by Crippen LogP contribution is 2.20. The monoisotopic (exact) mass is 296 g/mol. The van der Waals surface area contributed by atoms with Gasteiger partial charge in [-0.25, -0.2) is 0 Å². The fraction of sp³-hybridized carbons (Fsp3) is 0.188. The van der Waals surface area contributed by atoms with Gasteiger partial charge in [0.25, 0.3) is 0 Å². The van der Waals surface area contributed by atoms with Crippen molar-refractivity contribution in [2.45, 2.75) is 19.9 Å². The number of anilines is 1. The maximum absolute atomic E-state index is 12.0. The number of hydrogen-bond donors (Lipinski definition) is 2. The topological polar surface area (TPSA) is 79.8 Å². The van der Waals surface area contributed by atoms with Crippen molar-refractivity contribution in [3.05, 3.63) is 58.6 Å². The summed E-state index contributed by atoms with van der Waals surface area (Å²) in [6.45, 7) is 2.16. The van der Waals surface area contributed by atoms with Crippen LogP contribution in [0.15, 0.2) is 47.5 Å². The first-order valence-electron chi connectivity index (χ1n) is 7.09. The molecule has 1 aromatic carbocycles. The molecule has 0 spiro atoms. The van der Waals surface area contributed by atoms with Crippen molar-refractivity contribution in [1.29, 1.82) is 0 Å². The first-order valence-corrected chi connectivity index (χ1v) is 7.09. The summed E-state index contributed by atoms with van der Waals surface area (Å²) in [4.78, 5) is 26.4. The maximum Gasteiger partial charge on any atom is 0.248 e. The molecule has 3 aromatic rings.